The van der Waals surface area contributed by atoms with E-state index in [0.29, 0.717) is 5.75 Å². The van der Waals surface area contributed by atoms with Crippen molar-refractivity contribution in [1.29, 1.82) is 0 Å². The Morgan fingerprint density at radius 3 is 2.62 bits per heavy atom. The van der Waals surface area contributed by atoms with Gasteiger partial charge in [-0.15, -0.1) is 0 Å². The first-order valence-corrected chi connectivity index (χ1v) is 5.75. The summed E-state index contributed by atoms with van der Waals surface area (Å²) in [5, 5.41) is 0. The molecule has 84 valence electrons. The molecule has 0 amide bonds. The summed E-state index contributed by atoms with van der Waals surface area (Å²) in [7, 11) is 3.26. The van der Waals surface area contributed by atoms with E-state index in [1.54, 1.807) is 26.6 Å². The Kier molecular flexibility index (Phi) is 3.33. The highest BCUT2D eigenvalue weighted by Gasteiger charge is 2.12. The van der Waals surface area contributed by atoms with Crippen LogP contribution in [0.2, 0.25) is 0 Å². The molecule has 1 aromatic heterocycles. The molecule has 0 radical (unpaired) electrons. The second-order valence-electron chi connectivity index (χ2n) is 3.13. The summed E-state index contributed by atoms with van der Waals surface area (Å²) in [6.45, 7) is 0. The van der Waals surface area contributed by atoms with Crippen LogP contribution in [0.5, 0.6) is 11.5 Å². The summed E-state index contributed by atoms with van der Waals surface area (Å²) >= 11 is 2.21. The van der Waals surface area contributed by atoms with Gasteiger partial charge in [-0.25, -0.2) is 4.98 Å². The maximum absolute atomic E-state index is 5.28. The van der Waals surface area contributed by atoms with Crippen LogP contribution in [-0.2, 0) is 0 Å². The zero-order chi connectivity index (χ0) is 11.5. The molecule has 2 rings (SSSR count). The number of halogens is 1. The Balaban J connectivity index is 2.54. The van der Waals surface area contributed by atoms with E-state index in [1.165, 1.54) is 0 Å². The van der Waals surface area contributed by atoms with Crippen LogP contribution < -0.4 is 9.47 Å². The van der Waals surface area contributed by atoms with Gasteiger partial charge in [-0.2, -0.15) is 0 Å². The molecule has 0 saturated heterocycles. The highest BCUT2D eigenvalue weighted by atomic mass is 127. The van der Waals surface area contributed by atoms with Gasteiger partial charge in [0, 0.05) is 18.0 Å². The van der Waals surface area contributed by atoms with Gasteiger partial charge in [0.1, 0.15) is 5.82 Å². The lowest BCUT2D eigenvalue weighted by molar-refractivity contribution is 0.353. The maximum atomic E-state index is 5.28. The monoisotopic (exact) mass is 330 g/mol. The van der Waals surface area contributed by atoms with E-state index in [9.17, 15) is 0 Å². The van der Waals surface area contributed by atoms with Crippen LogP contribution in [0, 0.1) is 3.57 Å². The van der Waals surface area contributed by atoms with Gasteiger partial charge in [0.25, 0.3) is 0 Å². The van der Waals surface area contributed by atoms with Crippen LogP contribution in [0.25, 0.3) is 11.4 Å². The number of aromatic nitrogens is 2. The van der Waals surface area contributed by atoms with Gasteiger partial charge in [0.15, 0.2) is 11.5 Å². The van der Waals surface area contributed by atoms with Gasteiger partial charge in [0.2, 0.25) is 0 Å². The predicted molar refractivity (Wildman–Crippen MR) is 69.8 cm³/mol. The van der Waals surface area contributed by atoms with Crippen molar-refractivity contribution >= 4 is 22.6 Å². The number of imidazole rings is 1. The Morgan fingerprint density at radius 2 is 2.06 bits per heavy atom. The summed E-state index contributed by atoms with van der Waals surface area (Å²) in [6.07, 6.45) is 3.51. The lowest BCUT2D eigenvalue weighted by Gasteiger charge is -2.10. The average Bonchev–Trinajstić information content (AvgIpc) is 2.81. The van der Waals surface area contributed by atoms with Crippen molar-refractivity contribution in [2.75, 3.05) is 14.2 Å². The number of H-pyrrole nitrogens is 1. The molecule has 0 aliphatic rings. The van der Waals surface area contributed by atoms with E-state index in [2.05, 4.69) is 32.6 Å². The minimum absolute atomic E-state index is 0.709. The van der Waals surface area contributed by atoms with Crippen molar-refractivity contribution in [2.45, 2.75) is 0 Å². The molecule has 0 spiro atoms. The summed E-state index contributed by atoms with van der Waals surface area (Å²) in [6, 6.07) is 3.90. The first-order valence-electron chi connectivity index (χ1n) is 4.67. The molecule has 16 heavy (non-hydrogen) atoms. The second kappa shape index (κ2) is 4.73. The van der Waals surface area contributed by atoms with Gasteiger partial charge >= 0.3 is 0 Å². The minimum Gasteiger partial charge on any atom is -0.493 e. The number of rotatable bonds is 3. The Labute approximate surface area is 107 Å². The molecule has 4 nitrogen and oxygen atoms in total. The first kappa shape index (κ1) is 11.3. The SMILES string of the molecule is COc1cc(-c2ncc[nH]2)cc(I)c1OC. The van der Waals surface area contributed by atoms with E-state index in [4.69, 9.17) is 9.47 Å². The molecular formula is C11H11IN2O2. The molecule has 1 N–H and O–H groups in total. The van der Waals surface area contributed by atoms with Gasteiger partial charge in [-0.3, -0.25) is 0 Å². The lowest BCUT2D eigenvalue weighted by Crippen LogP contribution is -1.94. The zero-order valence-electron chi connectivity index (χ0n) is 8.95. The number of hydrogen-bond donors (Lipinski definition) is 1. The second-order valence-corrected chi connectivity index (χ2v) is 4.29. The smallest absolute Gasteiger partial charge is 0.174 e. The standard InChI is InChI=1S/C11H11IN2O2/c1-15-9-6-7(11-13-3-4-14-11)5-8(12)10(9)16-2/h3-6H,1-2H3,(H,13,14). The third-order valence-electron chi connectivity index (χ3n) is 2.21. The first-order chi connectivity index (χ1) is 7.76. The molecule has 0 aliphatic carbocycles. The van der Waals surface area contributed by atoms with Crippen molar-refractivity contribution in [3.05, 3.63) is 28.1 Å². The zero-order valence-corrected chi connectivity index (χ0v) is 11.1. The number of aromatic amines is 1. The quantitative estimate of drug-likeness (QED) is 0.881. The van der Waals surface area contributed by atoms with Gasteiger partial charge in [0.05, 0.1) is 17.8 Å². The topological polar surface area (TPSA) is 47.1 Å². The summed E-state index contributed by atoms with van der Waals surface area (Å²) in [5.74, 6) is 2.28. The molecule has 1 aromatic carbocycles. The van der Waals surface area contributed by atoms with E-state index in [0.717, 1.165) is 20.7 Å². The lowest BCUT2D eigenvalue weighted by atomic mass is 10.2. The maximum Gasteiger partial charge on any atom is 0.174 e. The number of nitrogens with one attached hydrogen (secondary N) is 1. The summed E-state index contributed by atoms with van der Waals surface area (Å²) in [5.41, 5.74) is 0.979. The normalized spacial score (nSPS) is 10.2. The van der Waals surface area contributed by atoms with Crippen LogP contribution in [0.1, 0.15) is 0 Å². The highest BCUT2D eigenvalue weighted by Crippen LogP contribution is 2.35. The fraction of sp³-hybridized carbons (Fsp3) is 0.182. The van der Waals surface area contributed by atoms with E-state index >= 15 is 0 Å². The van der Waals surface area contributed by atoms with Crippen molar-refractivity contribution in [1.82, 2.24) is 9.97 Å². The van der Waals surface area contributed by atoms with Gasteiger partial charge in [-0.05, 0) is 34.7 Å². The molecular weight excluding hydrogens is 319 g/mol. The van der Waals surface area contributed by atoms with E-state index in [1.807, 2.05) is 12.1 Å². The number of nitrogens with zero attached hydrogens (tertiary/aromatic N) is 1. The van der Waals surface area contributed by atoms with Crippen molar-refractivity contribution in [2.24, 2.45) is 0 Å². The molecule has 0 saturated carbocycles. The number of ether oxygens (including phenoxy) is 2. The van der Waals surface area contributed by atoms with Crippen LogP contribution in [0.4, 0.5) is 0 Å². The van der Waals surface area contributed by atoms with E-state index < -0.39 is 0 Å². The summed E-state index contributed by atoms with van der Waals surface area (Å²) < 4.78 is 11.6. The van der Waals surface area contributed by atoms with Crippen molar-refractivity contribution in [3.8, 4) is 22.9 Å². The van der Waals surface area contributed by atoms with Gasteiger partial charge < -0.3 is 14.5 Å². The summed E-state index contributed by atoms with van der Waals surface area (Å²) in [4.78, 5) is 7.26. The molecule has 0 aliphatic heterocycles. The van der Waals surface area contributed by atoms with Crippen LogP contribution in [0.15, 0.2) is 24.5 Å². The molecule has 2 aromatic rings. The predicted octanol–water partition coefficient (Wildman–Crippen LogP) is 2.70. The number of benzene rings is 1. The Hall–Kier alpha value is -1.24. The highest BCUT2D eigenvalue weighted by molar-refractivity contribution is 14.1. The minimum atomic E-state index is 0.709. The molecule has 1 heterocycles. The van der Waals surface area contributed by atoms with Crippen LogP contribution in [0.3, 0.4) is 0 Å². The molecule has 0 unspecified atom stereocenters. The number of hydrogen-bond acceptors (Lipinski definition) is 3. The fourth-order valence-electron chi connectivity index (χ4n) is 1.48. The third-order valence-corrected chi connectivity index (χ3v) is 3.01. The molecule has 5 heteroatoms. The van der Waals surface area contributed by atoms with Gasteiger partial charge in [-0.1, -0.05) is 0 Å². The third kappa shape index (κ3) is 1.99. The Morgan fingerprint density at radius 1 is 1.25 bits per heavy atom. The van der Waals surface area contributed by atoms with Crippen LogP contribution >= 0.6 is 22.6 Å². The average molecular weight is 330 g/mol. The number of methoxy groups -OCH3 is 2. The molecule has 0 fully saturated rings. The van der Waals surface area contributed by atoms with Crippen molar-refractivity contribution < 1.29 is 9.47 Å². The molecule has 0 atom stereocenters. The van der Waals surface area contributed by atoms with Crippen molar-refractivity contribution in [3.63, 3.8) is 0 Å². The Bertz CT molecular complexity index is 483. The fourth-order valence-corrected chi connectivity index (χ4v) is 2.30. The molecule has 0 bridgehead atoms. The largest absolute Gasteiger partial charge is 0.493 e. The van der Waals surface area contributed by atoms with E-state index in [-0.39, 0.29) is 0 Å². The van der Waals surface area contributed by atoms with Crippen LogP contribution in [-0.4, -0.2) is 24.2 Å².